The molecule has 9 heteroatoms. The lowest BCUT2D eigenvalue weighted by Crippen LogP contribution is -2.58. The number of carbonyl (C=O) groups excluding carboxylic acids is 4. The van der Waals surface area contributed by atoms with Crippen molar-refractivity contribution >= 4 is 29.8 Å². The van der Waals surface area contributed by atoms with Gasteiger partial charge in [-0.05, 0) is 23.8 Å². The lowest BCUT2D eigenvalue weighted by atomic mass is 10.1. The van der Waals surface area contributed by atoms with E-state index in [1.54, 1.807) is 36.4 Å². The van der Waals surface area contributed by atoms with Gasteiger partial charge in [0.25, 0.3) is 5.91 Å². The normalized spacial score (nSPS) is 15.8. The van der Waals surface area contributed by atoms with Gasteiger partial charge in [0.1, 0.15) is 30.7 Å². The number of esters is 1. The first-order chi connectivity index (χ1) is 16.4. The largest absolute Gasteiger partial charge is 0.490 e. The molecule has 1 heterocycles. The van der Waals surface area contributed by atoms with Crippen molar-refractivity contribution in [3.8, 4) is 5.75 Å². The van der Waals surface area contributed by atoms with E-state index in [0.29, 0.717) is 11.3 Å². The lowest BCUT2D eigenvalue weighted by Gasteiger charge is -2.35. The van der Waals surface area contributed by atoms with Crippen molar-refractivity contribution in [2.24, 2.45) is 0 Å². The number of benzene rings is 2. The molecule has 3 amide bonds. The van der Waals surface area contributed by atoms with Gasteiger partial charge in [-0.1, -0.05) is 48.5 Å². The summed E-state index contributed by atoms with van der Waals surface area (Å²) in [4.78, 5) is 51.2. The second-order valence-electron chi connectivity index (χ2n) is 7.54. The summed E-state index contributed by atoms with van der Waals surface area (Å²) in [7, 11) is 0. The summed E-state index contributed by atoms with van der Waals surface area (Å²) in [6.45, 7) is 1.87. The first-order valence-corrected chi connectivity index (χ1v) is 10.9. The van der Waals surface area contributed by atoms with Crippen molar-refractivity contribution in [1.82, 2.24) is 15.5 Å². The quantitative estimate of drug-likeness (QED) is 0.330. The van der Waals surface area contributed by atoms with E-state index in [1.165, 1.54) is 17.9 Å². The van der Waals surface area contributed by atoms with Crippen molar-refractivity contribution in [2.75, 3.05) is 26.3 Å². The zero-order valence-electron chi connectivity index (χ0n) is 18.9. The maximum atomic E-state index is 13.3. The summed E-state index contributed by atoms with van der Waals surface area (Å²) in [6.07, 6.45) is 1.22. The Morgan fingerprint density at radius 2 is 1.74 bits per heavy atom. The maximum absolute atomic E-state index is 13.3. The lowest BCUT2D eigenvalue weighted by molar-refractivity contribution is -0.151. The van der Waals surface area contributed by atoms with Crippen molar-refractivity contribution in [1.29, 1.82) is 0 Å². The summed E-state index contributed by atoms with van der Waals surface area (Å²) < 4.78 is 10.7. The van der Waals surface area contributed by atoms with Gasteiger partial charge in [-0.3, -0.25) is 19.2 Å². The molecule has 2 N–H and O–H groups in total. The van der Waals surface area contributed by atoms with E-state index < -0.39 is 29.7 Å². The molecule has 0 saturated carbocycles. The molecule has 9 nitrogen and oxygen atoms in total. The second-order valence-corrected chi connectivity index (χ2v) is 7.54. The zero-order chi connectivity index (χ0) is 24.3. The van der Waals surface area contributed by atoms with Crippen LogP contribution >= 0.6 is 0 Å². The number of ether oxygens (including phenoxy) is 2. The van der Waals surface area contributed by atoms with Crippen LogP contribution < -0.4 is 15.4 Å². The molecule has 1 unspecified atom stereocenters. The third-order valence-corrected chi connectivity index (χ3v) is 4.96. The SMILES string of the molecule is CC(=O)NC(=Cc1ccccc1)C(=O)N1CCNC(=O)C1CC(=O)OCCOc1ccccc1. The molecule has 1 aliphatic heterocycles. The molecular weight excluding hydrogens is 438 g/mol. The zero-order valence-corrected chi connectivity index (χ0v) is 18.9. The summed E-state index contributed by atoms with van der Waals surface area (Å²) in [5.74, 6) is -1.42. The Bertz CT molecular complexity index is 1040. The molecular formula is C25H27N3O6. The highest BCUT2D eigenvalue weighted by Crippen LogP contribution is 2.15. The van der Waals surface area contributed by atoms with Crippen LogP contribution in [0.25, 0.3) is 6.08 Å². The topological polar surface area (TPSA) is 114 Å². The Morgan fingerprint density at radius 3 is 2.41 bits per heavy atom. The number of para-hydroxylation sites is 1. The number of piperazine rings is 1. The summed E-state index contributed by atoms with van der Waals surface area (Å²) in [5, 5.41) is 5.21. The maximum Gasteiger partial charge on any atom is 0.308 e. The van der Waals surface area contributed by atoms with Crippen LogP contribution in [0.1, 0.15) is 18.9 Å². The number of nitrogens with zero attached hydrogens (tertiary/aromatic N) is 1. The number of hydrogen-bond acceptors (Lipinski definition) is 6. The number of rotatable bonds is 9. The van der Waals surface area contributed by atoms with E-state index in [2.05, 4.69) is 10.6 Å². The summed E-state index contributed by atoms with van der Waals surface area (Å²) >= 11 is 0. The van der Waals surface area contributed by atoms with Gasteiger partial charge in [0.15, 0.2) is 0 Å². The molecule has 0 radical (unpaired) electrons. The van der Waals surface area contributed by atoms with Crippen LogP contribution in [0.3, 0.4) is 0 Å². The van der Waals surface area contributed by atoms with Gasteiger partial charge < -0.3 is 25.0 Å². The number of hydrogen-bond donors (Lipinski definition) is 2. The molecule has 0 bridgehead atoms. The predicted molar refractivity (Wildman–Crippen MR) is 124 cm³/mol. The Morgan fingerprint density at radius 1 is 1.06 bits per heavy atom. The monoisotopic (exact) mass is 465 g/mol. The van der Waals surface area contributed by atoms with Crippen LogP contribution in [0.2, 0.25) is 0 Å². The minimum Gasteiger partial charge on any atom is -0.490 e. The smallest absolute Gasteiger partial charge is 0.308 e. The van der Waals surface area contributed by atoms with Gasteiger partial charge in [0.2, 0.25) is 11.8 Å². The summed E-state index contributed by atoms with van der Waals surface area (Å²) in [6, 6.07) is 17.0. The Balaban J connectivity index is 1.64. The van der Waals surface area contributed by atoms with Crippen molar-refractivity contribution in [3.05, 3.63) is 71.9 Å². The molecule has 0 aromatic heterocycles. The van der Waals surface area contributed by atoms with Gasteiger partial charge >= 0.3 is 5.97 Å². The van der Waals surface area contributed by atoms with Gasteiger partial charge in [-0.2, -0.15) is 0 Å². The fourth-order valence-corrected chi connectivity index (χ4v) is 3.42. The van der Waals surface area contributed by atoms with E-state index in [1.807, 2.05) is 24.3 Å². The fraction of sp³-hybridized carbons (Fsp3) is 0.280. The Kier molecular flexibility index (Phi) is 8.79. The van der Waals surface area contributed by atoms with Crippen LogP contribution in [0.15, 0.2) is 66.4 Å². The van der Waals surface area contributed by atoms with Crippen LogP contribution in [0.5, 0.6) is 5.75 Å². The number of carbonyl (C=O) groups is 4. The molecule has 1 fully saturated rings. The molecule has 2 aromatic rings. The van der Waals surface area contributed by atoms with Crippen molar-refractivity contribution in [2.45, 2.75) is 19.4 Å². The van der Waals surface area contributed by atoms with Gasteiger partial charge in [-0.15, -0.1) is 0 Å². The molecule has 0 spiro atoms. The molecule has 1 saturated heterocycles. The standard InChI is InChI=1S/C25H27N3O6/c1-18(29)27-21(16-19-8-4-2-5-9-19)25(32)28-13-12-26-24(31)22(28)17-23(30)34-15-14-33-20-10-6-3-7-11-20/h2-11,16,22H,12-15,17H2,1H3,(H,26,31)(H,27,29). The average molecular weight is 466 g/mol. The van der Waals surface area contributed by atoms with Crippen LogP contribution in [-0.4, -0.2) is 60.9 Å². The first-order valence-electron chi connectivity index (χ1n) is 10.9. The van der Waals surface area contributed by atoms with Gasteiger partial charge in [0, 0.05) is 20.0 Å². The Hall–Kier alpha value is -4.14. The Labute approximate surface area is 197 Å². The van der Waals surface area contributed by atoms with Crippen molar-refractivity contribution < 1.29 is 28.7 Å². The molecule has 34 heavy (non-hydrogen) atoms. The molecule has 1 atom stereocenters. The van der Waals surface area contributed by atoms with E-state index in [9.17, 15) is 19.2 Å². The van der Waals surface area contributed by atoms with Gasteiger partial charge in [0.05, 0.1) is 6.42 Å². The van der Waals surface area contributed by atoms with E-state index in [-0.39, 0.29) is 38.4 Å². The highest BCUT2D eigenvalue weighted by molar-refractivity contribution is 6.03. The first kappa shape index (κ1) is 24.5. The van der Waals surface area contributed by atoms with E-state index >= 15 is 0 Å². The molecule has 1 aliphatic rings. The minimum atomic E-state index is -1.06. The summed E-state index contributed by atoms with van der Waals surface area (Å²) in [5.41, 5.74) is 0.721. The van der Waals surface area contributed by atoms with E-state index in [0.717, 1.165) is 0 Å². The number of nitrogens with one attached hydrogen (secondary N) is 2. The highest BCUT2D eigenvalue weighted by Gasteiger charge is 2.36. The molecule has 0 aliphatic carbocycles. The fourth-order valence-electron chi connectivity index (χ4n) is 3.42. The number of amides is 3. The molecule has 178 valence electrons. The third kappa shape index (κ3) is 7.19. The average Bonchev–Trinajstić information content (AvgIpc) is 2.83. The van der Waals surface area contributed by atoms with E-state index in [4.69, 9.17) is 9.47 Å². The van der Waals surface area contributed by atoms with Gasteiger partial charge in [-0.25, -0.2) is 0 Å². The minimum absolute atomic E-state index is 0.00106. The predicted octanol–water partition coefficient (Wildman–Crippen LogP) is 1.50. The third-order valence-electron chi connectivity index (χ3n) is 4.96. The van der Waals surface area contributed by atoms with Crippen molar-refractivity contribution in [3.63, 3.8) is 0 Å². The van der Waals surface area contributed by atoms with Crippen LogP contribution in [0, 0.1) is 0 Å². The molecule has 3 rings (SSSR count). The highest BCUT2D eigenvalue weighted by atomic mass is 16.6. The van der Waals surface area contributed by atoms with Crippen LogP contribution in [-0.2, 0) is 23.9 Å². The van der Waals surface area contributed by atoms with Crippen LogP contribution in [0.4, 0.5) is 0 Å². The molecule has 2 aromatic carbocycles. The second kappa shape index (κ2) is 12.2.